The van der Waals surface area contributed by atoms with Gasteiger partial charge in [0, 0.05) is 18.8 Å². The zero-order chi connectivity index (χ0) is 18.2. The van der Waals surface area contributed by atoms with Crippen molar-refractivity contribution >= 4 is 5.91 Å². The largest absolute Gasteiger partial charge is 0.493 e. The fraction of sp³-hybridized carbons (Fsp3) is 0.333. The molecule has 0 fully saturated rings. The van der Waals surface area contributed by atoms with Crippen LogP contribution in [0.5, 0.6) is 23.1 Å². The normalized spacial score (nSPS) is 10.1. The molecular formula is C18H22N2O5. The van der Waals surface area contributed by atoms with Crippen molar-refractivity contribution in [2.24, 2.45) is 0 Å². The summed E-state index contributed by atoms with van der Waals surface area (Å²) in [6.07, 6.45) is 1.83. The van der Waals surface area contributed by atoms with Gasteiger partial charge in [-0.3, -0.25) is 4.79 Å². The number of ether oxygens (including phenoxy) is 4. The first-order valence-electron chi connectivity index (χ1n) is 7.65. The van der Waals surface area contributed by atoms with E-state index < -0.39 is 0 Å². The molecule has 7 heteroatoms. The minimum Gasteiger partial charge on any atom is -0.493 e. The molecule has 1 aromatic carbocycles. The summed E-state index contributed by atoms with van der Waals surface area (Å²) in [5.74, 6) is 1.92. The Morgan fingerprint density at radius 2 is 1.64 bits per heavy atom. The molecule has 1 heterocycles. The fourth-order valence-corrected chi connectivity index (χ4v) is 2.36. The number of carbonyl (C=O) groups is 1. The number of nitrogens with zero attached hydrogens (tertiary/aromatic N) is 1. The van der Waals surface area contributed by atoms with E-state index in [2.05, 4.69) is 10.3 Å². The van der Waals surface area contributed by atoms with Crippen LogP contribution in [0.4, 0.5) is 0 Å². The Morgan fingerprint density at radius 1 is 0.960 bits per heavy atom. The van der Waals surface area contributed by atoms with E-state index in [1.54, 1.807) is 31.5 Å². The van der Waals surface area contributed by atoms with Gasteiger partial charge in [-0.15, -0.1) is 0 Å². The van der Waals surface area contributed by atoms with Gasteiger partial charge in [-0.05, 0) is 29.3 Å². The molecular weight excluding hydrogens is 324 g/mol. The highest BCUT2D eigenvalue weighted by Gasteiger charge is 2.14. The lowest BCUT2D eigenvalue weighted by Gasteiger charge is -2.14. The summed E-state index contributed by atoms with van der Waals surface area (Å²) in [6, 6.07) is 7.12. The van der Waals surface area contributed by atoms with E-state index in [1.807, 2.05) is 6.07 Å². The van der Waals surface area contributed by atoms with Crippen molar-refractivity contribution in [2.75, 3.05) is 28.4 Å². The van der Waals surface area contributed by atoms with Crippen LogP contribution in [-0.4, -0.2) is 39.3 Å². The van der Waals surface area contributed by atoms with Crippen LogP contribution in [0, 0.1) is 0 Å². The van der Waals surface area contributed by atoms with Crippen LogP contribution in [0.3, 0.4) is 0 Å². The summed E-state index contributed by atoms with van der Waals surface area (Å²) >= 11 is 0. The van der Waals surface area contributed by atoms with Gasteiger partial charge in [0.05, 0.1) is 34.9 Å². The van der Waals surface area contributed by atoms with E-state index in [0.29, 0.717) is 29.7 Å². The Hall–Kier alpha value is -2.96. The second-order valence-corrected chi connectivity index (χ2v) is 5.19. The Balaban J connectivity index is 2.04. The van der Waals surface area contributed by atoms with Crippen LogP contribution in [-0.2, 0) is 17.8 Å². The highest BCUT2D eigenvalue weighted by molar-refractivity contribution is 5.79. The number of nitrogens with one attached hydrogen (secondary N) is 1. The summed E-state index contributed by atoms with van der Waals surface area (Å²) in [5.41, 5.74) is 1.67. The van der Waals surface area contributed by atoms with E-state index >= 15 is 0 Å². The number of benzene rings is 1. The monoisotopic (exact) mass is 346 g/mol. The lowest BCUT2D eigenvalue weighted by Crippen LogP contribution is -2.24. The molecule has 25 heavy (non-hydrogen) atoms. The van der Waals surface area contributed by atoms with Crippen LogP contribution in [0.15, 0.2) is 30.5 Å². The average molecular weight is 346 g/mol. The highest BCUT2D eigenvalue weighted by Crippen LogP contribution is 2.38. The zero-order valence-electron chi connectivity index (χ0n) is 14.8. The minimum absolute atomic E-state index is 0.120. The number of aromatic nitrogens is 1. The molecule has 0 atom stereocenters. The van der Waals surface area contributed by atoms with Crippen molar-refractivity contribution in [1.82, 2.24) is 10.3 Å². The van der Waals surface area contributed by atoms with Gasteiger partial charge >= 0.3 is 0 Å². The summed E-state index contributed by atoms with van der Waals surface area (Å²) in [4.78, 5) is 16.3. The molecule has 0 aliphatic carbocycles. The molecule has 0 aliphatic heterocycles. The summed E-state index contributed by atoms with van der Waals surface area (Å²) in [6.45, 7) is 0.391. The number of amides is 1. The third kappa shape index (κ3) is 4.76. The maximum absolute atomic E-state index is 12.2. The number of methoxy groups -OCH3 is 4. The molecule has 0 saturated heterocycles. The van der Waals surface area contributed by atoms with Gasteiger partial charge < -0.3 is 24.3 Å². The first-order valence-corrected chi connectivity index (χ1v) is 7.65. The van der Waals surface area contributed by atoms with Gasteiger partial charge in [-0.1, -0.05) is 0 Å². The molecule has 0 spiro atoms. The maximum atomic E-state index is 12.2. The van der Waals surface area contributed by atoms with Crippen LogP contribution < -0.4 is 24.3 Å². The van der Waals surface area contributed by atoms with Crippen LogP contribution in [0.2, 0.25) is 0 Å². The highest BCUT2D eigenvalue weighted by atomic mass is 16.5. The molecule has 0 unspecified atom stereocenters. The van der Waals surface area contributed by atoms with Crippen molar-refractivity contribution in [3.8, 4) is 23.1 Å². The first-order chi connectivity index (χ1) is 12.1. The predicted molar refractivity (Wildman–Crippen MR) is 92.4 cm³/mol. The Morgan fingerprint density at radius 3 is 2.20 bits per heavy atom. The van der Waals surface area contributed by atoms with Crippen molar-refractivity contribution in [2.45, 2.75) is 13.0 Å². The van der Waals surface area contributed by atoms with Gasteiger partial charge in [0.15, 0.2) is 11.5 Å². The smallest absolute Gasteiger partial charge is 0.224 e. The Kier molecular flexibility index (Phi) is 6.45. The first kappa shape index (κ1) is 18.4. The number of carbonyl (C=O) groups excluding carboxylic acids is 1. The van der Waals surface area contributed by atoms with Gasteiger partial charge in [-0.25, -0.2) is 4.98 Å². The van der Waals surface area contributed by atoms with Crippen LogP contribution in [0.1, 0.15) is 11.1 Å². The fourth-order valence-electron chi connectivity index (χ4n) is 2.36. The molecule has 0 aliphatic rings. The molecule has 2 aromatic rings. The third-order valence-electron chi connectivity index (χ3n) is 3.59. The lowest BCUT2D eigenvalue weighted by molar-refractivity contribution is -0.120. The molecule has 0 radical (unpaired) electrons. The molecule has 134 valence electrons. The minimum atomic E-state index is -0.120. The van der Waals surface area contributed by atoms with Gasteiger partial charge in [0.2, 0.25) is 17.5 Å². The predicted octanol–water partition coefficient (Wildman–Crippen LogP) is 1.97. The number of hydrogen-bond donors (Lipinski definition) is 1. The van der Waals surface area contributed by atoms with E-state index in [4.69, 9.17) is 18.9 Å². The molecule has 1 amide bonds. The van der Waals surface area contributed by atoms with Gasteiger partial charge in [-0.2, -0.15) is 0 Å². The van der Waals surface area contributed by atoms with Crippen molar-refractivity contribution in [3.05, 3.63) is 41.6 Å². The second-order valence-electron chi connectivity index (χ2n) is 5.19. The second kappa shape index (κ2) is 8.77. The van der Waals surface area contributed by atoms with Crippen LogP contribution >= 0.6 is 0 Å². The SMILES string of the molecule is COc1cc(CNC(=O)Cc2cc(OC)c(OC)c(OC)c2)ccn1. The summed E-state index contributed by atoms with van der Waals surface area (Å²) in [5, 5.41) is 2.87. The van der Waals surface area contributed by atoms with E-state index in [9.17, 15) is 4.79 Å². The molecule has 2 rings (SSSR count). The Labute approximate surface area is 146 Å². The van der Waals surface area contributed by atoms with E-state index in [-0.39, 0.29) is 12.3 Å². The molecule has 0 bridgehead atoms. The molecule has 1 N–H and O–H groups in total. The Bertz CT molecular complexity index is 708. The van der Waals surface area contributed by atoms with E-state index in [0.717, 1.165) is 11.1 Å². The van der Waals surface area contributed by atoms with Crippen LogP contribution in [0.25, 0.3) is 0 Å². The quantitative estimate of drug-likeness (QED) is 0.787. The van der Waals surface area contributed by atoms with Crippen molar-refractivity contribution in [1.29, 1.82) is 0 Å². The van der Waals surface area contributed by atoms with Gasteiger partial charge in [0.25, 0.3) is 0 Å². The summed E-state index contributed by atoms with van der Waals surface area (Å²) < 4.78 is 20.9. The molecule has 7 nitrogen and oxygen atoms in total. The molecule has 1 aromatic heterocycles. The van der Waals surface area contributed by atoms with E-state index in [1.165, 1.54) is 21.3 Å². The third-order valence-corrected chi connectivity index (χ3v) is 3.59. The number of pyridine rings is 1. The maximum Gasteiger partial charge on any atom is 0.224 e. The zero-order valence-corrected chi connectivity index (χ0v) is 14.8. The van der Waals surface area contributed by atoms with Crippen molar-refractivity contribution in [3.63, 3.8) is 0 Å². The number of hydrogen-bond acceptors (Lipinski definition) is 6. The molecule has 0 saturated carbocycles. The topological polar surface area (TPSA) is 78.9 Å². The van der Waals surface area contributed by atoms with Gasteiger partial charge in [0.1, 0.15) is 0 Å². The average Bonchev–Trinajstić information content (AvgIpc) is 2.65. The summed E-state index contributed by atoms with van der Waals surface area (Å²) in [7, 11) is 6.17. The lowest BCUT2D eigenvalue weighted by atomic mass is 10.1. The van der Waals surface area contributed by atoms with Crippen molar-refractivity contribution < 1.29 is 23.7 Å². The number of rotatable bonds is 8. The standard InChI is InChI=1S/C18H22N2O5/c1-22-14-7-13(8-15(23-2)18(14)25-4)9-16(21)20-11-12-5-6-19-17(10-12)24-3/h5-8,10H,9,11H2,1-4H3,(H,20,21).